The molecule has 0 spiro atoms. The molecule has 0 amide bonds. The first kappa shape index (κ1) is 11.7. The average Bonchev–Trinajstić information content (AvgIpc) is 2.73. The van der Waals surface area contributed by atoms with Crippen LogP contribution < -0.4 is 5.32 Å². The number of hydrogen-bond donors (Lipinski definition) is 1. The molecule has 1 N–H and O–H groups in total. The number of nitrogens with one attached hydrogen (secondary N) is 1. The zero-order valence-corrected chi connectivity index (χ0v) is 9.45. The van der Waals surface area contributed by atoms with Gasteiger partial charge in [0.15, 0.2) is 0 Å². The lowest BCUT2D eigenvalue weighted by molar-refractivity contribution is 0.579. The highest BCUT2D eigenvalue weighted by atomic mass is 19.1. The van der Waals surface area contributed by atoms with Crippen LogP contribution in [0.4, 0.5) is 8.78 Å². The summed E-state index contributed by atoms with van der Waals surface area (Å²) in [6.07, 6.45) is 1.68. The maximum Gasteiger partial charge on any atom is 0.128 e. The Kier molecular flexibility index (Phi) is 3.49. The van der Waals surface area contributed by atoms with E-state index in [0.29, 0.717) is 12.2 Å². The average molecular weight is 237 g/mol. The van der Waals surface area contributed by atoms with Crippen molar-refractivity contribution in [3.05, 3.63) is 47.8 Å². The van der Waals surface area contributed by atoms with E-state index in [0.717, 1.165) is 18.3 Å². The third kappa shape index (κ3) is 2.88. The number of aromatic nitrogens is 2. The van der Waals surface area contributed by atoms with Crippen LogP contribution in [0, 0.1) is 11.6 Å². The van der Waals surface area contributed by atoms with Gasteiger partial charge in [0.05, 0.1) is 11.4 Å². The van der Waals surface area contributed by atoms with E-state index < -0.39 is 11.6 Å². The van der Waals surface area contributed by atoms with Crippen LogP contribution in [0.25, 0.3) is 5.69 Å². The highest BCUT2D eigenvalue weighted by molar-refractivity contribution is 5.32. The second-order valence-electron chi connectivity index (χ2n) is 3.66. The smallest absolute Gasteiger partial charge is 0.128 e. The Balaban J connectivity index is 2.24. The molecule has 2 aromatic rings. The second kappa shape index (κ2) is 5.05. The minimum atomic E-state index is -0.608. The van der Waals surface area contributed by atoms with Gasteiger partial charge in [0.1, 0.15) is 11.6 Å². The van der Waals surface area contributed by atoms with Crippen LogP contribution in [0.1, 0.15) is 12.6 Å². The molecule has 90 valence electrons. The molecule has 0 atom stereocenters. The van der Waals surface area contributed by atoms with Crippen molar-refractivity contribution in [3.63, 3.8) is 0 Å². The van der Waals surface area contributed by atoms with Gasteiger partial charge >= 0.3 is 0 Å². The fourth-order valence-electron chi connectivity index (χ4n) is 1.52. The molecule has 0 saturated heterocycles. The van der Waals surface area contributed by atoms with Crippen molar-refractivity contribution in [2.75, 3.05) is 6.54 Å². The quantitative estimate of drug-likeness (QED) is 0.884. The van der Waals surface area contributed by atoms with Gasteiger partial charge in [-0.25, -0.2) is 13.5 Å². The normalized spacial score (nSPS) is 10.8. The lowest BCUT2D eigenvalue weighted by atomic mass is 10.3. The Morgan fingerprint density at radius 1 is 1.24 bits per heavy atom. The Bertz CT molecular complexity index is 488. The molecule has 0 unspecified atom stereocenters. The summed E-state index contributed by atoms with van der Waals surface area (Å²) in [7, 11) is 0. The van der Waals surface area contributed by atoms with Crippen LogP contribution in [-0.4, -0.2) is 16.3 Å². The van der Waals surface area contributed by atoms with Gasteiger partial charge in [-0.1, -0.05) is 6.92 Å². The van der Waals surface area contributed by atoms with Gasteiger partial charge < -0.3 is 5.32 Å². The lowest BCUT2D eigenvalue weighted by Gasteiger charge is -2.02. The zero-order chi connectivity index (χ0) is 12.3. The Hall–Kier alpha value is -1.75. The summed E-state index contributed by atoms with van der Waals surface area (Å²) in [5, 5.41) is 7.35. The molecular formula is C12H13F2N3. The Morgan fingerprint density at radius 3 is 2.59 bits per heavy atom. The molecule has 0 fully saturated rings. The van der Waals surface area contributed by atoms with E-state index in [-0.39, 0.29) is 0 Å². The summed E-state index contributed by atoms with van der Waals surface area (Å²) in [5.74, 6) is -1.22. The van der Waals surface area contributed by atoms with Crippen LogP contribution in [0.15, 0.2) is 30.5 Å². The first-order valence-electron chi connectivity index (χ1n) is 5.41. The fraction of sp³-hybridized carbons (Fsp3) is 0.250. The molecule has 0 bridgehead atoms. The standard InChI is InChI=1S/C12H13F2N3/c1-2-15-8-11-3-4-17(16-11)12-6-9(13)5-10(14)7-12/h3-7,15H,2,8H2,1H3. The highest BCUT2D eigenvalue weighted by Crippen LogP contribution is 2.12. The van der Waals surface area contributed by atoms with Crippen molar-refractivity contribution >= 4 is 0 Å². The van der Waals surface area contributed by atoms with E-state index >= 15 is 0 Å². The molecule has 2 rings (SSSR count). The maximum atomic E-state index is 13.0. The fourth-order valence-corrected chi connectivity index (χ4v) is 1.52. The number of rotatable bonds is 4. The molecule has 0 aliphatic heterocycles. The van der Waals surface area contributed by atoms with Gasteiger partial charge in [-0.3, -0.25) is 0 Å². The molecule has 1 aromatic heterocycles. The molecule has 1 aromatic carbocycles. The molecule has 0 aliphatic carbocycles. The molecule has 17 heavy (non-hydrogen) atoms. The molecule has 0 aliphatic rings. The van der Waals surface area contributed by atoms with Crippen molar-refractivity contribution in [1.29, 1.82) is 0 Å². The van der Waals surface area contributed by atoms with Gasteiger partial charge in [-0.15, -0.1) is 0 Å². The minimum absolute atomic E-state index is 0.380. The summed E-state index contributed by atoms with van der Waals surface area (Å²) in [6, 6.07) is 5.14. The van der Waals surface area contributed by atoms with Crippen LogP contribution >= 0.6 is 0 Å². The maximum absolute atomic E-state index is 13.0. The monoisotopic (exact) mass is 237 g/mol. The first-order chi connectivity index (χ1) is 8.19. The third-order valence-electron chi connectivity index (χ3n) is 2.31. The largest absolute Gasteiger partial charge is 0.311 e. The predicted octanol–water partition coefficient (Wildman–Crippen LogP) is 2.26. The van der Waals surface area contributed by atoms with E-state index in [1.165, 1.54) is 16.8 Å². The van der Waals surface area contributed by atoms with Crippen molar-refractivity contribution in [3.8, 4) is 5.69 Å². The van der Waals surface area contributed by atoms with Gasteiger partial charge in [-0.05, 0) is 24.7 Å². The number of benzene rings is 1. The molecule has 5 heteroatoms. The summed E-state index contributed by atoms with van der Waals surface area (Å²) >= 11 is 0. The van der Waals surface area contributed by atoms with Crippen LogP contribution in [0.3, 0.4) is 0 Å². The molecule has 0 saturated carbocycles. The van der Waals surface area contributed by atoms with Crippen molar-refractivity contribution in [2.24, 2.45) is 0 Å². The topological polar surface area (TPSA) is 29.9 Å². The van der Waals surface area contributed by atoms with Gasteiger partial charge in [0.2, 0.25) is 0 Å². The van der Waals surface area contributed by atoms with Crippen molar-refractivity contribution in [2.45, 2.75) is 13.5 Å². The molecule has 0 radical (unpaired) electrons. The summed E-state index contributed by atoms with van der Waals surface area (Å²) in [5.41, 5.74) is 1.21. The van der Waals surface area contributed by atoms with Crippen LogP contribution in [-0.2, 0) is 6.54 Å². The number of nitrogens with zero attached hydrogens (tertiary/aromatic N) is 2. The third-order valence-corrected chi connectivity index (χ3v) is 2.31. The number of halogens is 2. The Morgan fingerprint density at radius 2 is 1.94 bits per heavy atom. The minimum Gasteiger partial charge on any atom is -0.311 e. The predicted molar refractivity (Wildman–Crippen MR) is 60.9 cm³/mol. The molecular weight excluding hydrogens is 224 g/mol. The molecule has 1 heterocycles. The SMILES string of the molecule is CCNCc1ccn(-c2cc(F)cc(F)c2)n1. The second-order valence-corrected chi connectivity index (χ2v) is 3.66. The summed E-state index contributed by atoms with van der Waals surface area (Å²) < 4.78 is 27.5. The Labute approximate surface area is 98.1 Å². The van der Waals surface area contributed by atoms with E-state index in [2.05, 4.69) is 10.4 Å². The van der Waals surface area contributed by atoms with E-state index in [9.17, 15) is 8.78 Å². The van der Waals surface area contributed by atoms with Crippen LogP contribution in [0.5, 0.6) is 0 Å². The van der Waals surface area contributed by atoms with E-state index in [1.807, 2.05) is 13.0 Å². The summed E-state index contributed by atoms with van der Waals surface area (Å²) in [6.45, 7) is 3.49. The van der Waals surface area contributed by atoms with Crippen molar-refractivity contribution < 1.29 is 8.78 Å². The number of hydrogen-bond acceptors (Lipinski definition) is 2. The summed E-state index contributed by atoms with van der Waals surface area (Å²) in [4.78, 5) is 0. The van der Waals surface area contributed by atoms with E-state index in [1.54, 1.807) is 6.20 Å². The van der Waals surface area contributed by atoms with Gasteiger partial charge in [0, 0.05) is 18.8 Å². The zero-order valence-electron chi connectivity index (χ0n) is 9.45. The highest BCUT2D eigenvalue weighted by Gasteiger charge is 2.04. The molecule has 3 nitrogen and oxygen atoms in total. The van der Waals surface area contributed by atoms with Gasteiger partial charge in [-0.2, -0.15) is 5.10 Å². The lowest BCUT2D eigenvalue weighted by Crippen LogP contribution is -2.12. The van der Waals surface area contributed by atoms with E-state index in [4.69, 9.17) is 0 Å². The van der Waals surface area contributed by atoms with Crippen molar-refractivity contribution in [1.82, 2.24) is 15.1 Å². The van der Waals surface area contributed by atoms with Crippen LogP contribution in [0.2, 0.25) is 0 Å². The van der Waals surface area contributed by atoms with Gasteiger partial charge in [0.25, 0.3) is 0 Å². The first-order valence-corrected chi connectivity index (χ1v) is 5.41.